The summed E-state index contributed by atoms with van der Waals surface area (Å²) in [5.41, 5.74) is 0. The Bertz CT molecular complexity index is 1150. The van der Waals surface area contributed by atoms with E-state index >= 15 is 0 Å². The van der Waals surface area contributed by atoms with Crippen LogP contribution in [0.1, 0.15) is 90.9 Å². The zero-order valence-corrected chi connectivity index (χ0v) is 34.2. The van der Waals surface area contributed by atoms with E-state index < -0.39 is 39.2 Å². The van der Waals surface area contributed by atoms with E-state index in [1.807, 2.05) is 121 Å². The van der Waals surface area contributed by atoms with Crippen molar-refractivity contribution in [2.75, 3.05) is 0 Å². The molecule has 0 fully saturated rings. The normalized spacial score (nSPS) is 11.6. The molecule has 0 amide bonds. The second kappa shape index (κ2) is 21.6. The Kier molecular flexibility index (Phi) is 17.2. The first-order chi connectivity index (χ1) is 23.1. The van der Waals surface area contributed by atoms with Crippen LogP contribution in [0.3, 0.4) is 0 Å². The third-order valence-corrected chi connectivity index (χ3v) is 33.5. The van der Waals surface area contributed by atoms with Gasteiger partial charge in [0.25, 0.3) is 0 Å². The molecule has 0 radical (unpaired) electrons. The van der Waals surface area contributed by atoms with Gasteiger partial charge < -0.3 is 0 Å². The van der Waals surface area contributed by atoms with E-state index in [4.69, 9.17) is 13.7 Å². The third kappa shape index (κ3) is 14.0. The first kappa shape index (κ1) is 37.5. The zero-order chi connectivity index (χ0) is 32.9. The molecule has 252 valence electrons. The van der Waals surface area contributed by atoms with Gasteiger partial charge >= 0.3 is 297 Å². The molecule has 0 aromatic heterocycles. The Morgan fingerprint density at radius 1 is 0.340 bits per heavy atom. The van der Waals surface area contributed by atoms with Gasteiger partial charge in [-0.1, -0.05) is 0 Å². The van der Waals surface area contributed by atoms with Crippen molar-refractivity contribution >= 4 is 39.2 Å². The Morgan fingerprint density at radius 2 is 0.596 bits per heavy atom. The molecule has 4 rings (SSSR count). The summed E-state index contributed by atoms with van der Waals surface area (Å²) in [6.45, 7) is 4.51. The molecule has 0 spiro atoms. The van der Waals surface area contributed by atoms with Gasteiger partial charge in [-0.3, -0.25) is 0 Å². The van der Waals surface area contributed by atoms with E-state index in [-0.39, 0.29) is 0 Å². The summed E-state index contributed by atoms with van der Waals surface area (Å²) in [5, 5.41) is 0. The fraction of sp³-hybridized carbons (Fsp3) is 0.400. The van der Waals surface area contributed by atoms with Crippen LogP contribution >= 0.6 is 0 Å². The van der Waals surface area contributed by atoms with Gasteiger partial charge in [0, 0.05) is 0 Å². The summed E-state index contributed by atoms with van der Waals surface area (Å²) in [6, 6.07) is 40.1. The van der Waals surface area contributed by atoms with Crippen LogP contribution in [-0.4, -0.2) is 39.2 Å². The van der Waals surface area contributed by atoms with Gasteiger partial charge in [-0.25, -0.2) is 0 Å². The molecule has 0 aliphatic heterocycles. The Morgan fingerprint density at radius 3 is 0.872 bits per heavy atom. The standard InChI is InChI=1S/2C8H17.4C6H6O.O.2Sn/c2*1-3-5-7-8-6-4-2;4*7-6-4-2-1-3-5-6;;;/h2*1,3-8H2,2H3;4*1-5,7H;;;/q;;;;;;;2*+2/p-4. The van der Waals surface area contributed by atoms with Crippen LogP contribution in [-0.2, 0) is 1.41 Å². The average molecular weight is 852 g/mol. The monoisotopic (exact) mass is 854 g/mol. The van der Waals surface area contributed by atoms with Crippen molar-refractivity contribution in [3.63, 3.8) is 0 Å². The molecule has 4 aromatic rings. The van der Waals surface area contributed by atoms with Crippen LogP contribution in [0.4, 0.5) is 0 Å². The fourth-order valence-electron chi connectivity index (χ4n) is 5.58. The molecule has 7 heteroatoms. The van der Waals surface area contributed by atoms with E-state index in [9.17, 15) is 0 Å². The maximum atomic E-state index is 7.63. The van der Waals surface area contributed by atoms with Gasteiger partial charge in [-0.15, -0.1) is 0 Å². The quantitative estimate of drug-likeness (QED) is 0.0519. The summed E-state index contributed by atoms with van der Waals surface area (Å²) in [4.78, 5) is 0. The van der Waals surface area contributed by atoms with Crippen molar-refractivity contribution in [1.82, 2.24) is 0 Å². The Hall–Kier alpha value is -2.36. The molecule has 0 N–H and O–H groups in total. The number of para-hydroxylation sites is 4. The summed E-state index contributed by atoms with van der Waals surface area (Å²) >= 11 is -9.17. The van der Waals surface area contributed by atoms with E-state index in [0.717, 1.165) is 57.6 Å². The van der Waals surface area contributed by atoms with Crippen molar-refractivity contribution in [3.8, 4) is 23.0 Å². The van der Waals surface area contributed by atoms with E-state index in [0.29, 0.717) is 0 Å². The predicted octanol–water partition coefficient (Wildman–Crippen LogP) is 11.9. The predicted molar refractivity (Wildman–Crippen MR) is 197 cm³/mol. The fourth-order valence-corrected chi connectivity index (χ4v) is 35.1. The molecule has 0 unspecified atom stereocenters. The molecule has 0 bridgehead atoms. The number of benzene rings is 4. The molecule has 0 saturated carbocycles. The summed E-state index contributed by atoms with van der Waals surface area (Å²) in [5.74, 6) is 3.07. The minimum atomic E-state index is -4.58. The summed E-state index contributed by atoms with van der Waals surface area (Å²) in [7, 11) is 0. The topological polar surface area (TPSA) is 46.2 Å². The third-order valence-electron chi connectivity index (χ3n) is 8.05. The van der Waals surface area contributed by atoms with E-state index in [1.54, 1.807) is 0 Å². The molecule has 0 atom stereocenters. The zero-order valence-electron chi connectivity index (χ0n) is 28.5. The van der Waals surface area contributed by atoms with Crippen LogP contribution in [0.15, 0.2) is 121 Å². The van der Waals surface area contributed by atoms with Crippen molar-refractivity contribution < 1.29 is 13.7 Å². The van der Waals surface area contributed by atoms with Crippen molar-refractivity contribution in [1.29, 1.82) is 0 Å². The Balaban J connectivity index is 1.76. The van der Waals surface area contributed by atoms with Crippen molar-refractivity contribution in [2.45, 2.75) is 99.8 Å². The summed E-state index contributed by atoms with van der Waals surface area (Å²) in [6.07, 6.45) is 14.0. The molecule has 0 heterocycles. The molecular weight excluding hydrogens is 798 g/mol. The second-order valence-corrected chi connectivity index (χ2v) is 29.6. The van der Waals surface area contributed by atoms with Crippen LogP contribution in [0.25, 0.3) is 0 Å². The Labute approximate surface area is 295 Å². The molecular formula is C40H54O5Sn2. The first-order valence-corrected chi connectivity index (χ1v) is 28.8. The minimum absolute atomic E-state index is 0.732. The first-order valence-electron chi connectivity index (χ1n) is 17.8. The van der Waals surface area contributed by atoms with Crippen LogP contribution in [0, 0.1) is 0 Å². The number of rotatable bonds is 24. The summed E-state index contributed by atoms with van der Waals surface area (Å²) < 4.78 is 37.4. The molecule has 5 nitrogen and oxygen atoms in total. The molecule has 47 heavy (non-hydrogen) atoms. The van der Waals surface area contributed by atoms with Gasteiger partial charge in [0.05, 0.1) is 0 Å². The van der Waals surface area contributed by atoms with E-state index in [1.165, 1.54) is 51.4 Å². The molecule has 4 aromatic carbocycles. The van der Waals surface area contributed by atoms with Crippen LogP contribution < -0.4 is 12.3 Å². The maximum absolute atomic E-state index is 7.63. The average Bonchev–Trinajstić information content (AvgIpc) is 3.10. The van der Waals surface area contributed by atoms with Crippen LogP contribution in [0.5, 0.6) is 23.0 Å². The number of hydrogen-bond acceptors (Lipinski definition) is 5. The van der Waals surface area contributed by atoms with Gasteiger partial charge in [-0.2, -0.15) is 0 Å². The van der Waals surface area contributed by atoms with Crippen molar-refractivity contribution in [2.24, 2.45) is 0 Å². The van der Waals surface area contributed by atoms with E-state index in [2.05, 4.69) is 13.8 Å². The van der Waals surface area contributed by atoms with Crippen LogP contribution in [0.2, 0.25) is 8.87 Å². The number of unbranched alkanes of at least 4 members (excludes halogenated alkanes) is 10. The molecule has 0 saturated heterocycles. The van der Waals surface area contributed by atoms with Gasteiger partial charge in [0.15, 0.2) is 0 Å². The number of hydrogen-bond donors (Lipinski definition) is 0. The van der Waals surface area contributed by atoms with Gasteiger partial charge in [0.1, 0.15) is 0 Å². The SMILES string of the molecule is CCCCCCC[CH2][Sn]([O]c1ccccc1)([O]c1ccccc1)[O][Sn]([CH2]CCCCCCC)([O]c1ccccc1)[O]c1ccccc1. The van der Waals surface area contributed by atoms with Gasteiger partial charge in [-0.05, 0) is 0 Å². The second-order valence-electron chi connectivity index (χ2n) is 12.2. The molecule has 0 aliphatic carbocycles. The van der Waals surface area contributed by atoms with Gasteiger partial charge in [0.2, 0.25) is 0 Å². The molecule has 0 aliphatic rings. The van der Waals surface area contributed by atoms with Crippen molar-refractivity contribution in [3.05, 3.63) is 121 Å².